The molecule has 1 N–H and O–H groups in total. The van der Waals surface area contributed by atoms with Gasteiger partial charge in [0.1, 0.15) is 0 Å². The number of rotatable bonds is 6. The number of hydrogen-bond acceptors (Lipinski definition) is 5. The zero-order valence-corrected chi connectivity index (χ0v) is 13.8. The van der Waals surface area contributed by atoms with E-state index in [1.165, 1.54) is 20.3 Å². The predicted molar refractivity (Wildman–Crippen MR) is 84.8 cm³/mol. The molecule has 1 saturated carbocycles. The Morgan fingerprint density at radius 1 is 1.17 bits per heavy atom. The first kappa shape index (κ1) is 17.1. The first-order valence-corrected chi connectivity index (χ1v) is 7.78. The van der Waals surface area contributed by atoms with Crippen molar-refractivity contribution in [2.75, 3.05) is 14.2 Å². The summed E-state index contributed by atoms with van der Waals surface area (Å²) in [6.45, 7) is 1.69. The molecule has 1 atom stereocenters. The van der Waals surface area contributed by atoms with E-state index in [1.54, 1.807) is 19.1 Å². The predicted octanol–water partition coefficient (Wildman–Crippen LogP) is 2.31. The largest absolute Gasteiger partial charge is 0.493 e. The Hall–Kier alpha value is -2.24. The van der Waals surface area contributed by atoms with Gasteiger partial charge in [0.25, 0.3) is 5.91 Å². The first-order chi connectivity index (χ1) is 11.0. The summed E-state index contributed by atoms with van der Waals surface area (Å²) in [6, 6.07) is 4.95. The van der Waals surface area contributed by atoms with Gasteiger partial charge in [-0.1, -0.05) is 12.8 Å². The quantitative estimate of drug-likeness (QED) is 0.814. The van der Waals surface area contributed by atoms with Gasteiger partial charge in [0, 0.05) is 6.04 Å². The lowest BCUT2D eigenvalue weighted by atomic mass is 10.2. The van der Waals surface area contributed by atoms with Gasteiger partial charge in [-0.25, -0.2) is 4.79 Å². The Morgan fingerprint density at radius 3 is 2.48 bits per heavy atom. The van der Waals surface area contributed by atoms with E-state index in [-0.39, 0.29) is 11.9 Å². The van der Waals surface area contributed by atoms with Gasteiger partial charge in [0.2, 0.25) is 0 Å². The van der Waals surface area contributed by atoms with Crippen LogP contribution >= 0.6 is 0 Å². The van der Waals surface area contributed by atoms with Crippen LogP contribution in [0.25, 0.3) is 0 Å². The second-order valence-electron chi connectivity index (χ2n) is 5.61. The van der Waals surface area contributed by atoms with Gasteiger partial charge in [0.15, 0.2) is 17.6 Å². The Kier molecular flexibility index (Phi) is 5.84. The average Bonchev–Trinajstić information content (AvgIpc) is 3.07. The molecule has 0 unspecified atom stereocenters. The fourth-order valence-electron chi connectivity index (χ4n) is 2.64. The molecule has 0 spiro atoms. The minimum Gasteiger partial charge on any atom is -0.493 e. The van der Waals surface area contributed by atoms with Crippen LogP contribution in [0.5, 0.6) is 11.5 Å². The van der Waals surface area contributed by atoms with Crippen molar-refractivity contribution in [3.8, 4) is 11.5 Å². The van der Waals surface area contributed by atoms with Gasteiger partial charge >= 0.3 is 5.97 Å². The van der Waals surface area contributed by atoms with Crippen LogP contribution in [0.1, 0.15) is 43.0 Å². The molecule has 0 heterocycles. The third-order valence-corrected chi connectivity index (χ3v) is 3.96. The smallest absolute Gasteiger partial charge is 0.337 e. The number of ether oxygens (including phenoxy) is 3. The molecule has 23 heavy (non-hydrogen) atoms. The summed E-state index contributed by atoms with van der Waals surface area (Å²) in [5.74, 6) is 0.195. The van der Waals surface area contributed by atoms with Crippen LogP contribution in [0.3, 0.4) is 0 Å². The number of methoxy groups -OCH3 is 2. The molecule has 1 aromatic rings. The van der Waals surface area contributed by atoms with Crippen LogP contribution < -0.4 is 14.8 Å². The zero-order chi connectivity index (χ0) is 16.8. The molecule has 1 aliphatic carbocycles. The SMILES string of the molecule is COC(=O)c1ccc(O[C@@H](C)C(=O)NC2CCCC2)c(OC)c1. The van der Waals surface area contributed by atoms with Crippen LogP contribution in [0, 0.1) is 0 Å². The summed E-state index contributed by atoms with van der Waals surface area (Å²) in [6.07, 6.45) is 3.71. The summed E-state index contributed by atoms with van der Waals surface area (Å²) in [5, 5.41) is 3.00. The molecule has 1 amide bonds. The Morgan fingerprint density at radius 2 is 1.87 bits per heavy atom. The summed E-state index contributed by atoms with van der Waals surface area (Å²) in [5.41, 5.74) is 0.361. The van der Waals surface area contributed by atoms with E-state index in [0.29, 0.717) is 17.1 Å². The standard InChI is InChI=1S/C17H23NO5/c1-11(16(19)18-13-6-4-5-7-13)23-14-9-8-12(17(20)22-3)10-15(14)21-2/h8-11,13H,4-7H2,1-3H3,(H,18,19)/t11-/m0/s1. The number of esters is 1. The summed E-state index contributed by atoms with van der Waals surface area (Å²) < 4.78 is 15.6. The lowest BCUT2D eigenvalue weighted by Crippen LogP contribution is -2.41. The minimum absolute atomic E-state index is 0.143. The van der Waals surface area contributed by atoms with E-state index >= 15 is 0 Å². The van der Waals surface area contributed by atoms with E-state index in [4.69, 9.17) is 9.47 Å². The van der Waals surface area contributed by atoms with Crippen molar-refractivity contribution in [2.45, 2.75) is 44.8 Å². The van der Waals surface area contributed by atoms with E-state index in [1.807, 2.05) is 0 Å². The normalized spacial score (nSPS) is 15.8. The molecule has 6 heteroatoms. The van der Waals surface area contributed by atoms with Crippen molar-refractivity contribution in [3.63, 3.8) is 0 Å². The molecule has 0 aliphatic heterocycles. The second-order valence-corrected chi connectivity index (χ2v) is 5.61. The Labute approximate surface area is 136 Å². The second kappa shape index (κ2) is 7.85. The number of benzene rings is 1. The van der Waals surface area contributed by atoms with E-state index in [9.17, 15) is 9.59 Å². The van der Waals surface area contributed by atoms with Crippen molar-refractivity contribution in [2.24, 2.45) is 0 Å². The molecule has 0 saturated heterocycles. The van der Waals surface area contributed by atoms with Gasteiger partial charge < -0.3 is 19.5 Å². The van der Waals surface area contributed by atoms with Crippen LogP contribution in [0.2, 0.25) is 0 Å². The molecule has 0 bridgehead atoms. The molecular weight excluding hydrogens is 298 g/mol. The average molecular weight is 321 g/mol. The van der Waals surface area contributed by atoms with Crippen molar-refractivity contribution >= 4 is 11.9 Å². The maximum Gasteiger partial charge on any atom is 0.337 e. The Balaban J connectivity index is 2.02. The monoisotopic (exact) mass is 321 g/mol. The van der Waals surface area contributed by atoms with Crippen molar-refractivity contribution in [1.29, 1.82) is 0 Å². The van der Waals surface area contributed by atoms with Gasteiger partial charge in [-0.15, -0.1) is 0 Å². The van der Waals surface area contributed by atoms with Crippen molar-refractivity contribution in [3.05, 3.63) is 23.8 Å². The molecule has 6 nitrogen and oxygen atoms in total. The highest BCUT2D eigenvalue weighted by Crippen LogP contribution is 2.29. The third kappa shape index (κ3) is 4.37. The van der Waals surface area contributed by atoms with Crippen LogP contribution in [0.4, 0.5) is 0 Å². The van der Waals surface area contributed by atoms with Crippen LogP contribution in [0.15, 0.2) is 18.2 Å². The third-order valence-electron chi connectivity index (χ3n) is 3.96. The molecule has 1 aliphatic rings. The summed E-state index contributed by atoms with van der Waals surface area (Å²) in [4.78, 5) is 23.7. The van der Waals surface area contributed by atoms with E-state index in [2.05, 4.69) is 10.1 Å². The molecule has 1 aromatic carbocycles. The molecular formula is C17H23NO5. The van der Waals surface area contributed by atoms with Gasteiger partial charge in [-0.3, -0.25) is 4.79 Å². The van der Waals surface area contributed by atoms with Crippen LogP contribution in [-0.4, -0.2) is 38.2 Å². The number of carbonyl (C=O) groups is 2. The lowest BCUT2D eigenvalue weighted by molar-refractivity contribution is -0.128. The minimum atomic E-state index is -0.645. The number of amides is 1. The van der Waals surface area contributed by atoms with Gasteiger partial charge in [0.05, 0.1) is 19.8 Å². The van der Waals surface area contributed by atoms with Gasteiger partial charge in [-0.2, -0.15) is 0 Å². The van der Waals surface area contributed by atoms with Crippen molar-refractivity contribution < 1.29 is 23.8 Å². The molecule has 1 fully saturated rings. The topological polar surface area (TPSA) is 73.9 Å². The summed E-state index contributed by atoms with van der Waals surface area (Å²) >= 11 is 0. The van der Waals surface area contributed by atoms with E-state index < -0.39 is 12.1 Å². The molecule has 2 rings (SSSR count). The molecule has 0 aromatic heterocycles. The number of carbonyl (C=O) groups excluding carboxylic acids is 2. The fourth-order valence-corrected chi connectivity index (χ4v) is 2.64. The first-order valence-electron chi connectivity index (χ1n) is 7.78. The van der Waals surface area contributed by atoms with Crippen molar-refractivity contribution in [1.82, 2.24) is 5.32 Å². The highest BCUT2D eigenvalue weighted by molar-refractivity contribution is 5.90. The molecule has 0 radical (unpaired) electrons. The molecule has 126 valence electrons. The zero-order valence-electron chi connectivity index (χ0n) is 13.8. The highest BCUT2D eigenvalue weighted by Gasteiger charge is 2.22. The number of nitrogens with one attached hydrogen (secondary N) is 1. The van der Waals surface area contributed by atoms with Crippen LogP contribution in [-0.2, 0) is 9.53 Å². The lowest BCUT2D eigenvalue weighted by Gasteiger charge is -2.19. The Bertz CT molecular complexity index is 566. The summed E-state index contributed by atoms with van der Waals surface area (Å²) in [7, 11) is 2.79. The van der Waals surface area contributed by atoms with Gasteiger partial charge in [-0.05, 0) is 38.0 Å². The number of hydrogen-bond donors (Lipinski definition) is 1. The maximum absolute atomic E-state index is 12.2. The fraction of sp³-hybridized carbons (Fsp3) is 0.529. The van der Waals surface area contributed by atoms with E-state index in [0.717, 1.165) is 25.7 Å². The maximum atomic E-state index is 12.2. The highest BCUT2D eigenvalue weighted by atomic mass is 16.5.